The topological polar surface area (TPSA) is 0 Å². The molecule has 0 heterocycles. The van der Waals surface area contributed by atoms with Gasteiger partial charge in [-0.05, 0) is 0 Å². The third kappa shape index (κ3) is 4.83. The minimum atomic E-state index is 0.495. The van der Waals surface area contributed by atoms with Gasteiger partial charge in [0.15, 0.2) is 7.12 Å². The number of thiol groups is 1. The van der Waals surface area contributed by atoms with Crippen LogP contribution in [0.4, 0.5) is 0 Å². The van der Waals surface area contributed by atoms with E-state index < -0.39 is 0 Å². The van der Waals surface area contributed by atoms with E-state index in [1.807, 2.05) is 15.0 Å². The second kappa shape index (κ2) is 3.04. The Morgan fingerprint density at radius 1 is 1.80 bits per heavy atom. The number of rotatable bonds is 1. The molecule has 0 bridgehead atoms. The Hall–Kier alpha value is 0.830. The van der Waals surface area contributed by atoms with Crippen LogP contribution in [-0.4, -0.2) is 19.5 Å². The van der Waals surface area contributed by atoms with Gasteiger partial charge in [-0.3, -0.25) is 0 Å². The van der Waals surface area contributed by atoms with Crippen molar-refractivity contribution in [1.82, 2.24) is 0 Å². The van der Waals surface area contributed by atoms with Gasteiger partial charge in [0.1, 0.15) is 7.85 Å². The van der Waals surface area contributed by atoms with Crippen LogP contribution in [0.15, 0.2) is 0 Å². The fraction of sp³-hybridized carbons (Fsp3) is 1.00. The molecular formula is CH6B2S2. The molecule has 0 nitrogen and oxygen atoms in total. The van der Waals surface area contributed by atoms with Gasteiger partial charge < -0.3 is 0 Å². The maximum absolute atomic E-state index is 4.06. The van der Waals surface area contributed by atoms with Crippen LogP contribution in [-0.2, 0) is 0 Å². The van der Waals surface area contributed by atoms with Crippen molar-refractivity contribution in [3.8, 4) is 0 Å². The van der Waals surface area contributed by atoms with Crippen molar-refractivity contribution in [3.05, 3.63) is 0 Å². The van der Waals surface area contributed by atoms with E-state index >= 15 is 0 Å². The highest BCUT2D eigenvalue weighted by Crippen LogP contribution is 2.01. The molecular weight excluding hydrogens is 97.8 g/mol. The first-order valence-corrected chi connectivity index (χ1v) is 3.28. The minimum Gasteiger partial charge on any atom is -0.215 e. The fourth-order valence-electron chi connectivity index (χ4n) is 0. The van der Waals surface area contributed by atoms with Crippen LogP contribution in [0.25, 0.3) is 0 Å². The van der Waals surface area contributed by atoms with Gasteiger partial charge in [-0.25, -0.2) is 11.6 Å². The Morgan fingerprint density at radius 3 is 2.00 bits per heavy atom. The molecule has 0 N–H and O–H groups in total. The van der Waals surface area contributed by atoms with Gasteiger partial charge in [0, 0.05) is 4.48 Å². The second-order valence-corrected chi connectivity index (χ2v) is 3.14. The summed E-state index contributed by atoms with van der Waals surface area (Å²) in [6.07, 6.45) is 0. The first kappa shape index (κ1) is 5.83. The predicted octanol–water partition coefficient (Wildman–Crippen LogP) is -0.886. The van der Waals surface area contributed by atoms with Crippen molar-refractivity contribution in [3.63, 3.8) is 0 Å². The van der Waals surface area contributed by atoms with Gasteiger partial charge in [0.2, 0.25) is 0 Å². The fourth-order valence-corrected chi connectivity index (χ4v) is 0. The largest absolute Gasteiger partial charge is 0.215 e. The van der Waals surface area contributed by atoms with E-state index in [1.54, 1.807) is 11.6 Å². The van der Waals surface area contributed by atoms with Gasteiger partial charge >= 0.3 is 0 Å². The average molecular weight is 104 g/mol. The van der Waals surface area contributed by atoms with Crippen molar-refractivity contribution in [1.29, 1.82) is 0 Å². The Kier molecular flexibility index (Phi) is 3.54. The molecule has 1 atom stereocenters. The first-order chi connectivity index (χ1) is 2.27. The van der Waals surface area contributed by atoms with Gasteiger partial charge in [-0.2, -0.15) is 12.6 Å². The highest BCUT2D eigenvalue weighted by molar-refractivity contribution is 8.26. The normalized spacial score (nSPS) is 14.6. The zero-order valence-corrected chi connectivity index (χ0v) is 5.14. The lowest BCUT2D eigenvalue weighted by Crippen LogP contribution is -1.84. The van der Waals surface area contributed by atoms with Gasteiger partial charge in [0.25, 0.3) is 0 Å². The standard InChI is InChI=1S/CH6B2S2/c2-1(4)5-3/h1,4H,2-3H2. The minimum absolute atomic E-state index is 0.495. The van der Waals surface area contributed by atoms with Crippen LogP contribution >= 0.6 is 24.2 Å². The predicted molar refractivity (Wildman–Crippen MR) is 37.5 cm³/mol. The van der Waals surface area contributed by atoms with Crippen LogP contribution in [0.5, 0.6) is 0 Å². The van der Waals surface area contributed by atoms with Crippen LogP contribution < -0.4 is 0 Å². The highest BCUT2D eigenvalue weighted by Gasteiger charge is 1.81. The number of hydrogen-bond donors (Lipinski definition) is 1. The molecule has 28 valence electrons. The Labute approximate surface area is 44.2 Å². The lowest BCUT2D eigenvalue weighted by Gasteiger charge is -1.90. The average Bonchev–Trinajstić information content (AvgIpc) is 1.38. The molecule has 0 aromatic heterocycles. The van der Waals surface area contributed by atoms with E-state index in [1.165, 1.54) is 0 Å². The van der Waals surface area contributed by atoms with Gasteiger partial charge in [0.05, 0.1) is 0 Å². The molecule has 0 spiro atoms. The summed E-state index contributed by atoms with van der Waals surface area (Å²) in [5.74, 6) is 0. The maximum atomic E-state index is 4.06. The first-order valence-electron chi connectivity index (χ1n) is 1.48. The van der Waals surface area contributed by atoms with Crippen molar-refractivity contribution in [2.75, 3.05) is 0 Å². The van der Waals surface area contributed by atoms with E-state index in [-0.39, 0.29) is 0 Å². The molecule has 1 unspecified atom stereocenters. The van der Waals surface area contributed by atoms with Crippen LogP contribution in [0.2, 0.25) is 0 Å². The molecule has 0 saturated carbocycles. The van der Waals surface area contributed by atoms with Crippen LogP contribution in [0.1, 0.15) is 0 Å². The van der Waals surface area contributed by atoms with Crippen molar-refractivity contribution in [2.45, 2.75) is 4.48 Å². The van der Waals surface area contributed by atoms with E-state index in [4.69, 9.17) is 0 Å². The summed E-state index contributed by atoms with van der Waals surface area (Å²) >= 11 is 5.80. The monoisotopic (exact) mass is 104 g/mol. The van der Waals surface area contributed by atoms with Crippen LogP contribution in [0, 0.1) is 0 Å². The van der Waals surface area contributed by atoms with Gasteiger partial charge in [-0.1, -0.05) is 0 Å². The van der Waals surface area contributed by atoms with Crippen molar-refractivity contribution < 1.29 is 0 Å². The van der Waals surface area contributed by atoms with Gasteiger partial charge in [-0.15, -0.1) is 0 Å². The Bertz CT molecular complexity index is 21.6. The zero-order chi connectivity index (χ0) is 4.28. The molecule has 0 aliphatic carbocycles. The molecule has 0 aliphatic heterocycles. The molecule has 5 heavy (non-hydrogen) atoms. The molecule has 0 aromatic carbocycles. The molecule has 0 aromatic rings. The van der Waals surface area contributed by atoms with E-state index in [9.17, 15) is 0 Å². The number of hydrogen-bond acceptors (Lipinski definition) is 2. The maximum Gasteiger partial charge on any atom is 0.174 e. The summed E-state index contributed by atoms with van der Waals surface area (Å²) in [7, 11) is 4.09. The third-order valence-electron chi connectivity index (χ3n) is 0.341. The summed E-state index contributed by atoms with van der Waals surface area (Å²) in [5, 5.41) is 0. The van der Waals surface area contributed by atoms with Crippen molar-refractivity contribution >= 4 is 39.2 Å². The molecule has 0 saturated heterocycles. The molecule has 0 amide bonds. The SMILES string of the molecule is BSC(B)S. The van der Waals surface area contributed by atoms with E-state index in [2.05, 4.69) is 12.6 Å². The smallest absolute Gasteiger partial charge is 0.174 e. The quantitative estimate of drug-likeness (QED) is 0.256. The van der Waals surface area contributed by atoms with Crippen LogP contribution in [0.3, 0.4) is 0 Å². The molecule has 0 aliphatic rings. The molecule has 4 heteroatoms. The molecule has 0 radical (unpaired) electrons. The lowest BCUT2D eigenvalue weighted by atomic mass is 10.2. The Morgan fingerprint density at radius 2 is 2.00 bits per heavy atom. The summed E-state index contributed by atoms with van der Waals surface area (Å²) in [6.45, 7) is 0. The van der Waals surface area contributed by atoms with E-state index in [0.717, 1.165) is 0 Å². The van der Waals surface area contributed by atoms with Crippen molar-refractivity contribution in [2.24, 2.45) is 0 Å². The molecule has 0 fully saturated rings. The zero-order valence-electron chi connectivity index (χ0n) is 3.43. The third-order valence-corrected chi connectivity index (χ3v) is 1.66. The summed E-state index contributed by atoms with van der Waals surface area (Å²) in [5.41, 5.74) is 0. The second-order valence-electron chi connectivity index (χ2n) is 0.835. The summed E-state index contributed by atoms with van der Waals surface area (Å²) in [4.78, 5) is 0. The highest BCUT2D eigenvalue weighted by atomic mass is 32.2. The van der Waals surface area contributed by atoms with E-state index in [0.29, 0.717) is 4.48 Å². The summed E-state index contributed by atoms with van der Waals surface area (Å²) in [6, 6.07) is 0. The Balaban J connectivity index is 2.54. The lowest BCUT2D eigenvalue weighted by molar-refractivity contribution is 2.09. The summed E-state index contributed by atoms with van der Waals surface area (Å²) < 4.78 is 0.495. The molecule has 0 rings (SSSR count).